The van der Waals surface area contributed by atoms with Gasteiger partial charge >= 0.3 is 12.4 Å². The Kier molecular flexibility index (Phi) is 13.9. The normalized spacial score (nSPS) is 21.3. The van der Waals surface area contributed by atoms with Crippen molar-refractivity contribution in [2.45, 2.75) is 140 Å². The van der Waals surface area contributed by atoms with Crippen LogP contribution in [-0.2, 0) is 78.6 Å². The highest BCUT2D eigenvalue weighted by Gasteiger charge is 2.34. The maximum atomic E-state index is 15.0. The minimum Gasteiger partial charge on any atom is -0.336 e. The molecule has 0 radical (unpaired) electrons. The lowest BCUT2D eigenvalue weighted by Crippen LogP contribution is -2.42. The van der Waals surface area contributed by atoms with Gasteiger partial charge in [-0.1, -0.05) is 148 Å². The molecular weight excluding hydrogens is 1280 g/mol. The molecule has 8 aromatic rings. The number of alkyl halides is 6. The zero-order valence-corrected chi connectivity index (χ0v) is 53.4. The van der Waals surface area contributed by atoms with E-state index in [0.29, 0.717) is 47.7 Å². The van der Waals surface area contributed by atoms with Gasteiger partial charge in [-0.25, -0.2) is 8.78 Å². The first kappa shape index (κ1) is 40.7. The van der Waals surface area contributed by atoms with E-state index in [0.717, 1.165) is 80.4 Å². The number of amides is 2. The second-order valence-corrected chi connectivity index (χ2v) is 22.5. The monoisotopic (exact) mass is 1390 g/mol. The Hall–Kier alpha value is -7.92. The molecule has 1 unspecified atom stereocenters. The molecular formula is C74H80F8N8O4S2. The topological polar surface area (TPSA) is 117 Å². The van der Waals surface area contributed by atoms with Crippen LogP contribution in [0.3, 0.4) is 0 Å². The molecule has 0 fully saturated rings. The predicted molar refractivity (Wildman–Crippen MR) is 363 cm³/mol. The number of hydrogen-bond acceptors (Lipinski definition) is 10. The number of likely N-dealkylation sites (N-methyl/N-ethyl adjacent to an activating group) is 2. The van der Waals surface area contributed by atoms with Gasteiger partial charge in [-0.2, -0.15) is 36.3 Å². The molecule has 2 amide bonds. The number of nitrogens with zero attached hydrogens (tertiary/aromatic N) is 8. The SMILES string of the molecule is [2H]C([2H])(C)N(C([2H])([2H])C)C([2H])([2H])C([2H])([2H])N(C(=O)Cn1c(SCc2ccc(F)cc2)nc(=O)c2c1C([2H])([2H])C([2H])([2H])C2([2H])[2H])C([2H])(C)c1ccc(-c2ccc(C(F)(F)F)cc2)cc1.[2H]c1c([2H])c(C([2H])([2H])N(C(=O)Cn2c(SCc3ccc(F)cc3)nc(=O)c3c2CCC3)C([2H])([2H])C([2H])([2H])N(C([2H])([2H])C)C([2H])([2H])C)c([2H])c([2H])c1-c1c([2H])c([2H])c(C(F)(F)F)c(C)c1[2H]. The zero-order chi connectivity index (χ0) is 97.4. The Labute approximate surface area is 608 Å². The quantitative estimate of drug-likeness (QED) is 0.0295. The van der Waals surface area contributed by atoms with E-state index in [4.69, 9.17) is 34.3 Å². The number of rotatable bonds is 26. The lowest BCUT2D eigenvalue weighted by Gasteiger charge is -2.33. The molecule has 0 saturated carbocycles. The molecule has 22 heteroatoms. The molecule has 2 aromatic heterocycles. The van der Waals surface area contributed by atoms with Gasteiger partial charge in [-0.15, -0.1) is 0 Å². The summed E-state index contributed by atoms with van der Waals surface area (Å²) in [6, 6.07) is 6.64. The summed E-state index contributed by atoms with van der Waals surface area (Å²) in [6.45, 7) is -30.7. The minimum absolute atomic E-state index is 0.00921. The van der Waals surface area contributed by atoms with Crippen molar-refractivity contribution in [2.24, 2.45) is 0 Å². The Morgan fingerprint density at radius 2 is 1.11 bits per heavy atom. The average molecular weight is 1390 g/mol. The van der Waals surface area contributed by atoms with Gasteiger partial charge in [0.1, 0.15) is 24.7 Å². The van der Waals surface area contributed by atoms with E-state index in [1.54, 1.807) is 0 Å². The van der Waals surface area contributed by atoms with Crippen LogP contribution >= 0.6 is 23.5 Å². The molecule has 0 N–H and O–H groups in total. The summed E-state index contributed by atoms with van der Waals surface area (Å²) in [4.78, 5) is 63.8. The van der Waals surface area contributed by atoms with Crippen LogP contribution in [0.1, 0.15) is 159 Å². The standard InChI is InChI=1S/2C37H40F4N4O2S/c1-4-43(5-2)21-22-44(25(3)27-11-13-28(14-12-27)29-15-17-30(18-16-29)37(39,40)41)34(46)23-45-33-8-6-7-32(33)35(47)42-36(45)48-24-26-9-19-31(38)20-10-26;1-4-43(5-2)19-20-44(22-26-9-13-28(14-10-26)29-15-18-32(25(3)21-29)37(39,40)41)34(46)23-45-33-8-6-7-31(33)35(47)42-36(45)48-24-27-11-16-30(38)17-12-27/h9-20,25H,4-8,21-24H2,1-3H3;9-18,21H,4-8,19-20,22-24H2,1-3H3/i4D2,5D2,6D2,7D2,8D2,21D2,22D2,25D;4D2,5D2,9D,10D,13D,14D,15D,18D,19D2,20D2,21D,22D2. The number of aromatic nitrogens is 4. The van der Waals surface area contributed by atoms with Crippen molar-refractivity contribution in [3.8, 4) is 22.3 Å². The smallest absolute Gasteiger partial charge is 0.336 e. The molecule has 0 saturated heterocycles. The maximum Gasteiger partial charge on any atom is 0.416 e. The summed E-state index contributed by atoms with van der Waals surface area (Å²) in [5.41, 5.74) is -9.82. The lowest BCUT2D eigenvalue weighted by atomic mass is 9.98. The number of hydrogen-bond donors (Lipinski definition) is 0. The number of thioether (sulfide) groups is 2. The highest BCUT2D eigenvalue weighted by molar-refractivity contribution is 7.98. The summed E-state index contributed by atoms with van der Waals surface area (Å²) in [5.74, 6) is -4.70. The number of fused-ring (bicyclic) bond motifs is 2. The summed E-state index contributed by atoms with van der Waals surface area (Å²) < 4.78 is 390. The van der Waals surface area contributed by atoms with Crippen molar-refractivity contribution < 1.29 is 88.6 Å². The van der Waals surface area contributed by atoms with Gasteiger partial charge in [-0.3, -0.25) is 19.2 Å². The van der Waals surface area contributed by atoms with Gasteiger partial charge in [0, 0.05) is 91.2 Å². The van der Waals surface area contributed by atoms with Crippen molar-refractivity contribution >= 4 is 35.3 Å². The van der Waals surface area contributed by atoms with Crippen LogP contribution in [0, 0.1) is 18.6 Å². The van der Waals surface area contributed by atoms with Crippen LogP contribution in [-0.4, -0.2) is 102 Å². The van der Waals surface area contributed by atoms with Gasteiger partial charge < -0.3 is 28.7 Å². The highest BCUT2D eigenvalue weighted by atomic mass is 32.2. The third-order valence-electron chi connectivity index (χ3n) is 14.4. The van der Waals surface area contributed by atoms with Crippen LogP contribution < -0.4 is 11.1 Å². The van der Waals surface area contributed by atoms with E-state index >= 15 is 4.79 Å². The van der Waals surface area contributed by atoms with Gasteiger partial charge in [0.05, 0.1) is 36.3 Å². The largest absolute Gasteiger partial charge is 0.416 e. The van der Waals surface area contributed by atoms with Crippen LogP contribution in [0.25, 0.3) is 22.3 Å². The summed E-state index contributed by atoms with van der Waals surface area (Å²) >= 11 is 1.49. The molecule has 2 aliphatic rings. The number of benzene rings is 6. The van der Waals surface area contributed by atoms with Crippen molar-refractivity contribution in [1.29, 1.82) is 0 Å². The first-order valence-electron chi connectivity index (χ1n) is 44.8. The van der Waals surface area contributed by atoms with E-state index in [1.807, 2.05) is 0 Å². The lowest BCUT2D eigenvalue weighted by molar-refractivity contribution is -0.138. The van der Waals surface area contributed by atoms with Crippen LogP contribution in [0.5, 0.6) is 0 Å². The zero-order valence-electron chi connectivity index (χ0n) is 83.7. The molecule has 0 spiro atoms. The molecule has 0 bridgehead atoms. The van der Waals surface area contributed by atoms with Crippen LogP contribution in [0.15, 0.2) is 159 Å². The molecule has 10 rings (SSSR count). The highest BCUT2D eigenvalue weighted by Crippen LogP contribution is 2.36. The van der Waals surface area contributed by atoms with Crippen LogP contribution in [0.4, 0.5) is 35.1 Å². The molecule has 2 aliphatic carbocycles. The van der Waals surface area contributed by atoms with Crippen molar-refractivity contribution in [1.82, 2.24) is 38.7 Å². The Morgan fingerprint density at radius 3 is 1.66 bits per heavy atom. The third-order valence-corrected chi connectivity index (χ3v) is 16.5. The average Bonchev–Trinajstić information content (AvgIpc) is 1.48. The van der Waals surface area contributed by atoms with Gasteiger partial charge in [-0.05, 0) is 171 Å². The fourth-order valence-electron chi connectivity index (χ4n) is 9.45. The van der Waals surface area contributed by atoms with Crippen molar-refractivity contribution in [3.63, 3.8) is 0 Å². The van der Waals surface area contributed by atoms with E-state index in [2.05, 4.69) is 9.97 Å². The van der Waals surface area contributed by atoms with Gasteiger partial charge in [0.15, 0.2) is 10.3 Å². The Bertz CT molecular complexity index is 5650. The van der Waals surface area contributed by atoms with Gasteiger partial charge in [0.25, 0.3) is 11.1 Å². The van der Waals surface area contributed by atoms with Crippen molar-refractivity contribution in [2.75, 3.05) is 52.0 Å². The van der Waals surface area contributed by atoms with E-state index in [1.165, 1.54) is 60.7 Å². The van der Waals surface area contributed by atoms with E-state index in [9.17, 15) is 59.1 Å². The summed E-state index contributed by atoms with van der Waals surface area (Å²) in [5, 5.41) is -0.748. The molecule has 1 atom stereocenters. The second-order valence-electron chi connectivity index (χ2n) is 20.6. The second kappa shape index (κ2) is 32.9. The molecule has 2 heterocycles. The Balaban J connectivity index is 0.000000289. The molecule has 12 nitrogen and oxygen atoms in total. The van der Waals surface area contributed by atoms with Crippen LogP contribution in [0.2, 0.25) is 0 Å². The number of carbonyl (C=O) groups excluding carboxylic acids is 2. The molecule has 0 aliphatic heterocycles. The summed E-state index contributed by atoms with van der Waals surface area (Å²) in [7, 11) is 0. The fraction of sp³-hybridized carbons (Fsp3) is 0.378. The summed E-state index contributed by atoms with van der Waals surface area (Å²) in [6.07, 6.45) is -19.5. The Morgan fingerprint density at radius 1 is 0.604 bits per heavy atom. The molecule has 6 aromatic carbocycles. The van der Waals surface area contributed by atoms with E-state index < -0.39 is 241 Å². The van der Waals surface area contributed by atoms with Gasteiger partial charge in [0.2, 0.25) is 11.8 Å². The first-order valence-corrected chi connectivity index (χ1v) is 30.8. The third kappa shape index (κ3) is 18.6. The predicted octanol–water partition coefficient (Wildman–Crippen LogP) is 15.3. The first-order chi connectivity index (χ1) is 57.9. The fourth-order valence-corrected chi connectivity index (χ4v) is 11.4. The van der Waals surface area contributed by atoms with E-state index in [-0.39, 0.29) is 72.2 Å². The van der Waals surface area contributed by atoms with Crippen molar-refractivity contribution in [3.05, 3.63) is 233 Å². The maximum absolute atomic E-state index is 15.0. The molecule has 96 heavy (non-hydrogen) atoms. The number of halogens is 8. The minimum atomic E-state index is -5.24. The number of carbonyl (C=O) groups is 2. The molecule has 508 valence electrons.